The highest BCUT2D eigenvalue weighted by atomic mass is 16.5. The molecule has 0 heterocycles. The normalized spacial score (nSPS) is 37.1. The molecular formula is C18H20O3. The van der Waals surface area contributed by atoms with Crippen LogP contribution in [0.5, 0.6) is 5.75 Å². The molecule has 1 aromatic carbocycles. The van der Waals surface area contributed by atoms with Gasteiger partial charge in [0.25, 0.3) is 0 Å². The van der Waals surface area contributed by atoms with Crippen molar-refractivity contribution >= 4 is 5.78 Å². The van der Waals surface area contributed by atoms with E-state index >= 15 is 0 Å². The van der Waals surface area contributed by atoms with E-state index in [1.807, 2.05) is 18.2 Å². The first-order chi connectivity index (χ1) is 10.0. The van der Waals surface area contributed by atoms with Crippen LogP contribution < -0.4 is 4.74 Å². The molecule has 3 heteroatoms. The van der Waals surface area contributed by atoms with Crippen LogP contribution in [0.15, 0.2) is 30.4 Å². The molecule has 1 aromatic rings. The van der Waals surface area contributed by atoms with Gasteiger partial charge in [0.15, 0.2) is 0 Å². The summed E-state index contributed by atoms with van der Waals surface area (Å²) in [5.41, 5.74) is 1.40. The first kappa shape index (κ1) is 13.1. The zero-order chi connectivity index (χ0) is 14.8. The van der Waals surface area contributed by atoms with Gasteiger partial charge in [0.2, 0.25) is 0 Å². The zero-order valence-electron chi connectivity index (χ0n) is 12.3. The third kappa shape index (κ3) is 1.35. The Hall–Kier alpha value is -1.61. The van der Waals surface area contributed by atoms with Crippen LogP contribution in [0.2, 0.25) is 0 Å². The monoisotopic (exact) mass is 284 g/mol. The molecule has 0 radical (unpaired) electrons. The Morgan fingerprint density at radius 1 is 1.38 bits per heavy atom. The van der Waals surface area contributed by atoms with Crippen molar-refractivity contribution in [3.8, 4) is 5.75 Å². The SMILES string of the molecule is C=C1C[C@]23CCc4cc(OC)ccc4C2(O)[C@H]1CCC3=O. The summed E-state index contributed by atoms with van der Waals surface area (Å²) in [7, 11) is 1.65. The van der Waals surface area contributed by atoms with Gasteiger partial charge >= 0.3 is 0 Å². The molecular weight excluding hydrogens is 264 g/mol. The quantitative estimate of drug-likeness (QED) is 0.807. The van der Waals surface area contributed by atoms with Crippen LogP contribution in [0.4, 0.5) is 0 Å². The molecule has 2 saturated carbocycles. The molecule has 21 heavy (non-hydrogen) atoms. The first-order valence-corrected chi connectivity index (χ1v) is 7.64. The molecule has 110 valence electrons. The van der Waals surface area contributed by atoms with E-state index in [9.17, 15) is 9.90 Å². The van der Waals surface area contributed by atoms with Crippen LogP contribution >= 0.6 is 0 Å². The van der Waals surface area contributed by atoms with E-state index in [2.05, 4.69) is 6.58 Å². The fourth-order valence-corrected chi connectivity index (χ4v) is 5.00. The van der Waals surface area contributed by atoms with Crippen LogP contribution in [0.25, 0.3) is 0 Å². The fraction of sp³-hybridized carbons (Fsp3) is 0.500. The molecule has 3 atom stereocenters. The molecule has 3 nitrogen and oxygen atoms in total. The van der Waals surface area contributed by atoms with Gasteiger partial charge in [-0.25, -0.2) is 0 Å². The number of ketones is 1. The highest BCUT2D eigenvalue weighted by Gasteiger charge is 2.68. The van der Waals surface area contributed by atoms with E-state index in [1.165, 1.54) is 0 Å². The molecule has 3 aliphatic carbocycles. The number of rotatable bonds is 1. The number of aliphatic hydroxyl groups is 1. The van der Waals surface area contributed by atoms with Crippen molar-refractivity contribution < 1.29 is 14.6 Å². The average Bonchev–Trinajstić information content (AvgIpc) is 2.63. The molecule has 0 aliphatic heterocycles. The van der Waals surface area contributed by atoms with Gasteiger partial charge in [-0.1, -0.05) is 18.2 Å². The van der Waals surface area contributed by atoms with Crippen molar-refractivity contribution in [1.82, 2.24) is 0 Å². The maximum absolute atomic E-state index is 12.7. The summed E-state index contributed by atoms with van der Waals surface area (Å²) in [6, 6.07) is 5.84. The number of carbonyl (C=O) groups excluding carboxylic acids is 1. The van der Waals surface area contributed by atoms with Gasteiger partial charge in [0.05, 0.1) is 12.5 Å². The van der Waals surface area contributed by atoms with Crippen molar-refractivity contribution in [2.45, 2.75) is 37.7 Å². The van der Waals surface area contributed by atoms with Gasteiger partial charge in [0, 0.05) is 12.3 Å². The van der Waals surface area contributed by atoms with Crippen LogP contribution in [-0.2, 0) is 16.8 Å². The van der Waals surface area contributed by atoms with Crippen molar-refractivity contribution in [3.63, 3.8) is 0 Å². The number of carbonyl (C=O) groups is 1. The molecule has 3 aliphatic rings. The molecule has 1 unspecified atom stereocenters. The van der Waals surface area contributed by atoms with Crippen molar-refractivity contribution in [2.24, 2.45) is 11.3 Å². The lowest BCUT2D eigenvalue weighted by atomic mass is 9.55. The minimum Gasteiger partial charge on any atom is -0.497 e. The largest absolute Gasteiger partial charge is 0.497 e. The molecule has 4 rings (SSSR count). The summed E-state index contributed by atoms with van der Waals surface area (Å²) in [6.45, 7) is 4.17. The topological polar surface area (TPSA) is 46.5 Å². The van der Waals surface area contributed by atoms with E-state index in [0.29, 0.717) is 12.8 Å². The third-order valence-electron chi connectivity index (χ3n) is 5.99. The van der Waals surface area contributed by atoms with E-state index in [-0.39, 0.29) is 11.7 Å². The molecule has 0 saturated heterocycles. The molecule has 2 bridgehead atoms. The lowest BCUT2D eigenvalue weighted by Crippen LogP contribution is -2.55. The Bertz CT molecular complexity index is 662. The number of Topliss-reactive ketones (excluding diaryl/α,β-unsaturated/α-hetero) is 1. The number of hydrogen-bond acceptors (Lipinski definition) is 3. The second-order valence-corrected chi connectivity index (χ2v) is 6.72. The predicted molar refractivity (Wildman–Crippen MR) is 79.1 cm³/mol. The summed E-state index contributed by atoms with van der Waals surface area (Å²) < 4.78 is 5.29. The first-order valence-electron chi connectivity index (χ1n) is 7.64. The van der Waals surface area contributed by atoms with Gasteiger partial charge < -0.3 is 9.84 Å². The summed E-state index contributed by atoms with van der Waals surface area (Å²) in [6.07, 6.45) is 3.50. The maximum Gasteiger partial charge on any atom is 0.142 e. The number of ether oxygens (including phenoxy) is 1. The van der Waals surface area contributed by atoms with E-state index in [0.717, 1.165) is 41.7 Å². The molecule has 0 amide bonds. The Kier molecular flexibility index (Phi) is 2.48. The smallest absolute Gasteiger partial charge is 0.142 e. The second-order valence-electron chi connectivity index (χ2n) is 6.72. The number of hydrogen-bond donors (Lipinski definition) is 1. The predicted octanol–water partition coefficient (Wildman–Crippen LogP) is 2.75. The van der Waals surface area contributed by atoms with E-state index in [4.69, 9.17) is 4.74 Å². The maximum atomic E-state index is 12.7. The minimum absolute atomic E-state index is 0.0163. The summed E-state index contributed by atoms with van der Waals surface area (Å²) >= 11 is 0. The van der Waals surface area contributed by atoms with E-state index < -0.39 is 11.0 Å². The Balaban J connectivity index is 1.96. The van der Waals surface area contributed by atoms with Crippen molar-refractivity contribution in [3.05, 3.63) is 41.5 Å². The lowest BCUT2D eigenvalue weighted by Gasteiger charge is -2.51. The number of fused-ring (bicyclic) bond motifs is 1. The Morgan fingerprint density at radius 2 is 2.19 bits per heavy atom. The third-order valence-corrected chi connectivity index (χ3v) is 5.99. The van der Waals surface area contributed by atoms with Crippen molar-refractivity contribution in [1.29, 1.82) is 0 Å². The van der Waals surface area contributed by atoms with Gasteiger partial charge in [-0.05, 0) is 48.9 Å². The average molecular weight is 284 g/mol. The van der Waals surface area contributed by atoms with Crippen LogP contribution in [0.3, 0.4) is 0 Å². The van der Waals surface area contributed by atoms with Gasteiger partial charge in [0.1, 0.15) is 17.1 Å². The zero-order valence-corrected chi connectivity index (χ0v) is 12.3. The standard InChI is InChI=1S/C18H20O3/c1-11-10-17-8-7-12-9-13(21-2)3-4-15(12)18(17,20)14(11)5-6-16(17)19/h3-4,9,14,20H,1,5-8,10H2,2H3/t14-,17-,18?/m0/s1. The molecule has 0 spiro atoms. The molecule has 2 fully saturated rings. The second kappa shape index (κ2) is 3.98. The lowest BCUT2D eigenvalue weighted by molar-refractivity contribution is -0.164. The minimum atomic E-state index is -1.06. The number of methoxy groups -OCH3 is 1. The van der Waals surface area contributed by atoms with Crippen LogP contribution in [0.1, 0.15) is 36.8 Å². The van der Waals surface area contributed by atoms with Crippen molar-refractivity contribution in [2.75, 3.05) is 7.11 Å². The highest BCUT2D eigenvalue weighted by Crippen LogP contribution is 2.67. The van der Waals surface area contributed by atoms with Gasteiger partial charge in [-0.3, -0.25) is 4.79 Å². The highest BCUT2D eigenvalue weighted by molar-refractivity contribution is 5.90. The Morgan fingerprint density at radius 3 is 2.95 bits per heavy atom. The van der Waals surface area contributed by atoms with Gasteiger partial charge in [-0.15, -0.1) is 0 Å². The summed E-state index contributed by atoms with van der Waals surface area (Å²) in [5, 5.41) is 11.6. The Labute approximate surface area is 124 Å². The number of aryl methyl sites for hydroxylation is 1. The number of benzene rings is 1. The molecule has 0 aromatic heterocycles. The summed E-state index contributed by atoms with van der Waals surface area (Å²) in [4.78, 5) is 12.7. The van der Waals surface area contributed by atoms with Gasteiger partial charge in [-0.2, -0.15) is 0 Å². The van der Waals surface area contributed by atoms with E-state index in [1.54, 1.807) is 7.11 Å². The van der Waals surface area contributed by atoms with Crippen LogP contribution in [0, 0.1) is 11.3 Å². The molecule has 1 N–H and O–H groups in total. The van der Waals surface area contributed by atoms with Crippen LogP contribution in [-0.4, -0.2) is 18.0 Å². The summed E-state index contributed by atoms with van der Waals surface area (Å²) in [5.74, 6) is 1.05. The fourth-order valence-electron chi connectivity index (χ4n) is 5.00.